The fraction of sp³-hybridized carbons (Fsp3) is 0.0455. The number of aromatic amines is 2. The van der Waals surface area contributed by atoms with E-state index >= 15 is 0 Å². The van der Waals surface area contributed by atoms with Crippen molar-refractivity contribution >= 4 is 34.0 Å². The van der Waals surface area contributed by atoms with E-state index in [4.69, 9.17) is 19.5 Å². The number of hydrogen-bond donors (Lipinski definition) is 2. The average Bonchev–Trinajstić information content (AvgIpc) is 4.01. The molecular weight excluding hydrogens is 617 g/mol. The first kappa shape index (κ1) is 29.5. The summed E-state index contributed by atoms with van der Waals surface area (Å²) in [4.78, 5) is 18.1. The Morgan fingerprint density at radius 1 is 0.400 bits per heavy atom. The number of nitrogens with zero attached hydrogens (tertiary/aromatic N) is 2. The summed E-state index contributed by atoms with van der Waals surface area (Å²) in [6.45, 7) is 0. The van der Waals surface area contributed by atoms with Gasteiger partial charge in [-0.1, -0.05) is 72.8 Å². The van der Waals surface area contributed by atoms with Crippen molar-refractivity contribution in [3.63, 3.8) is 0 Å². The first-order valence-electron chi connectivity index (χ1n) is 16.6. The average molecular weight is 649 g/mol. The Bertz CT molecular complexity index is 2720. The van der Waals surface area contributed by atoms with Crippen LogP contribution in [0.3, 0.4) is 0 Å². The van der Waals surface area contributed by atoms with Crippen molar-refractivity contribution in [3.05, 3.63) is 199 Å². The van der Waals surface area contributed by atoms with E-state index in [1.54, 1.807) is 14.2 Å². The molecule has 0 saturated carbocycles. The van der Waals surface area contributed by atoms with Crippen LogP contribution in [-0.2, 0) is 0 Å². The predicted molar refractivity (Wildman–Crippen MR) is 199 cm³/mol. The zero-order valence-electron chi connectivity index (χ0n) is 27.6. The highest BCUT2D eigenvalue weighted by Gasteiger charge is 2.17. The molecule has 2 aromatic heterocycles. The number of H-pyrrole nitrogens is 2. The molecule has 3 aliphatic rings. The molecule has 0 unspecified atom stereocenters. The van der Waals surface area contributed by atoms with E-state index < -0.39 is 0 Å². The van der Waals surface area contributed by atoms with E-state index in [9.17, 15) is 0 Å². The molecule has 6 aromatic rings. The summed E-state index contributed by atoms with van der Waals surface area (Å²) < 4.78 is 11.0. The van der Waals surface area contributed by atoms with Crippen molar-refractivity contribution in [1.29, 1.82) is 0 Å². The van der Waals surface area contributed by atoms with Gasteiger partial charge in [-0.15, -0.1) is 0 Å². The molecule has 9 rings (SSSR count). The van der Waals surface area contributed by atoms with E-state index in [1.807, 2.05) is 24.3 Å². The van der Waals surface area contributed by atoms with Crippen LogP contribution >= 0.6 is 0 Å². The molecule has 6 heteroatoms. The minimum absolute atomic E-state index is 0.806. The lowest BCUT2D eigenvalue weighted by atomic mass is 10.0. The molecule has 0 fully saturated rings. The van der Waals surface area contributed by atoms with Crippen LogP contribution in [-0.4, -0.2) is 35.6 Å². The molecule has 4 aromatic carbocycles. The highest BCUT2D eigenvalue weighted by molar-refractivity contribution is 6.32. The monoisotopic (exact) mass is 648 g/mol. The summed E-state index contributed by atoms with van der Waals surface area (Å²) in [5.74, 6) is 1.61. The summed E-state index contributed by atoms with van der Waals surface area (Å²) >= 11 is 0. The molecule has 5 heterocycles. The molecule has 8 bridgehead atoms. The number of aliphatic imine (C=N–C) groups is 2. The first-order valence-corrected chi connectivity index (χ1v) is 16.6. The number of benzene rings is 4. The van der Waals surface area contributed by atoms with Gasteiger partial charge in [0.1, 0.15) is 11.5 Å². The van der Waals surface area contributed by atoms with Gasteiger partial charge in [-0.25, -0.2) is 9.98 Å². The highest BCUT2D eigenvalue weighted by Crippen LogP contribution is 2.24. The Balaban J connectivity index is 1.45. The molecule has 3 aliphatic heterocycles. The van der Waals surface area contributed by atoms with E-state index in [1.165, 1.54) is 0 Å². The van der Waals surface area contributed by atoms with Gasteiger partial charge in [0.05, 0.1) is 37.0 Å². The fourth-order valence-electron chi connectivity index (χ4n) is 6.98. The molecule has 0 saturated heterocycles. The van der Waals surface area contributed by atoms with E-state index in [0.717, 1.165) is 98.9 Å². The van der Waals surface area contributed by atoms with Crippen LogP contribution in [0.1, 0.15) is 11.1 Å². The van der Waals surface area contributed by atoms with Crippen molar-refractivity contribution in [1.82, 2.24) is 9.97 Å². The van der Waals surface area contributed by atoms with E-state index in [0.29, 0.717) is 0 Å². The second-order valence-electron chi connectivity index (χ2n) is 12.3. The van der Waals surface area contributed by atoms with Crippen molar-refractivity contribution in [3.8, 4) is 11.5 Å². The van der Waals surface area contributed by atoms with Gasteiger partial charge in [0.25, 0.3) is 0 Å². The summed E-state index contributed by atoms with van der Waals surface area (Å²) in [5, 5.41) is 8.16. The number of ether oxygens (including phenoxy) is 2. The fourth-order valence-corrected chi connectivity index (χ4v) is 6.98. The number of methoxy groups -OCH3 is 2. The third kappa shape index (κ3) is 5.06. The van der Waals surface area contributed by atoms with Crippen LogP contribution in [0, 0.1) is 21.1 Å². The van der Waals surface area contributed by atoms with Crippen LogP contribution in [0.5, 0.6) is 11.5 Å². The number of aromatic nitrogens is 2. The van der Waals surface area contributed by atoms with Crippen molar-refractivity contribution in [2.24, 2.45) is 9.98 Å². The second-order valence-corrected chi connectivity index (χ2v) is 12.3. The maximum absolute atomic E-state index is 5.49. The third-order valence-corrected chi connectivity index (χ3v) is 9.45. The third-order valence-electron chi connectivity index (χ3n) is 9.45. The Morgan fingerprint density at radius 2 is 0.780 bits per heavy atom. The van der Waals surface area contributed by atoms with E-state index in [2.05, 4.69) is 131 Å². The predicted octanol–water partition coefficient (Wildman–Crippen LogP) is 5.28. The first-order chi connectivity index (χ1) is 24.7. The van der Waals surface area contributed by atoms with Gasteiger partial charge >= 0.3 is 0 Å². The number of fused-ring (bicyclic) bond motifs is 8. The van der Waals surface area contributed by atoms with Crippen LogP contribution < -0.4 is 30.6 Å². The molecular formula is C44H32N4O2. The number of rotatable bonds is 4. The summed E-state index contributed by atoms with van der Waals surface area (Å²) in [5.41, 5.74) is 7.66. The van der Waals surface area contributed by atoms with Gasteiger partial charge < -0.3 is 19.4 Å². The van der Waals surface area contributed by atoms with Gasteiger partial charge in [-0.3, -0.25) is 0 Å². The lowest BCUT2D eigenvalue weighted by Crippen LogP contribution is -2.15. The van der Waals surface area contributed by atoms with Crippen LogP contribution in [0.15, 0.2) is 156 Å². The molecule has 0 aliphatic carbocycles. The lowest BCUT2D eigenvalue weighted by Gasteiger charge is -2.08. The molecule has 240 valence electrons. The van der Waals surface area contributed by atoms with Gasteiger partial charge in [0.2, 0.25) is 0 Å². The Morgan fingerprint density at radius 3 is 1.18 bits per heavy atom. The quantitative estimate of drug-likeness (QED) is 0.273. The van der Waals surface area contributed by atoms with Crippen molar-refractivity contribution < 1.29 is 9.47 Å². The van der Waals surface area contributed by atoms with Gasteiger partial charge in [0.15, 0.2) is 0 Å². The number of allylic oxidation sites excluding steroid dienone is 2. The molecule has 0 spiro atoms. The Kier molecular flexibility index (Phi) is 7.13. The second kappa shape index (κ2) is 12.1. The van der Waals surface area contributed by atoms with Crippen LogP contribution in [0.25, 0.3) is 22.5 Å². The van der Waals surface area contributed by atoms with E-state index in [-0.39, 0.29) is 0 Å². The molecule has 0 amide bonds. The highest BCUT2D eigenvalue weighted by atomic mass is 16.5. The zero-order valence-corrected chi connectivity index (χ0v) is 27.6. The lowest BCUT2D eigenvalue weighted by molar-refractivity contribution is 0.414. The number of hydrogen-bond acceptors (Lipinski definition) is 4. The Labute approximate surface area is 287 Å². The van der Waals surface area contributed by atoms with Crippen molar-refractivity contribution in [2.75, 3.05) is 14.2 Å². The van der Waals surface area contributed by atoms with Gasteiger partial charge in [-0.2, -0.15) is 0 Å². The minimum atomic E-state index is 0.806. The SMILES string of the molecule is COc1ccc(C2=c3ccc([nH]3)=c3ccccc3=C3C=CC(=N3)C(c3ccc(OC)cc3)=c3ccc([nH]3)=c3ccccc3=C3C=CC2=N3)cc1. The largest absolute Gasteiger partial charge is 0.497 e. The smallest absolute Gasteiger partial charge is 0.118 e. The summed E-state index contributed by atoms with van der Waals surface area (Å²) in [6, 6.07) is 41.7. The molecule has 50 heavy (non-hydrogen) atoms. The van der Waals surface area contributed by atoms with Gasteiger partial charge in [0, 0.05) is 53.4 Å². The minimum Gasteiger partial charge on any atom is -0.497 e. The van der Waals surface area contributed by atoms with Crippen molar-refractivity contribution in [2.45, 2.75) is 0 Å². The molecule has 6 nitrogen and oxygen atoms in total. The summed E-state index contributed by atoms with van der Waals surface area (Å²) in [7, 11) is 3.37. The number of nitrogens with one attached hydrogen (secondary N) is 2. The molecule has 0 atom stereocenters. The summed E-state index contributed by atoms with van der Waals surface area (Å²) in [6.07, 6.45) is 8.44. The van der Waals surface area contributed by atoms with Gasteiger partial charge in [-0.05, 0) is 84.0 Å². The zero-order chi connectivity index (χ0) is 33.6. The normalized spacial score (nSPS) is 14.5. The topological polar surface area (TPSA) is 74.8 Å². The van der Waals surface area contributed by atoms with Crippen LogP contribution in [0.2, 0.25) is 0 Å². The maximum Gasteiger partial charge on any atom is 0.118 e. The van der Waals surface area contributed by atoms with Crippen LogP contribution in [0.4, 0.5) is 0 Å². The maximum atomic E-state index is 5.49. The molecule has 2 N–H and O–H groups in total. The standard InChI is InChI=1S/C44H32N4O2/c1-49-29-15-11-27(12-16-29)43-39-23-19-35(45-39)31-7-3-5-9-33(31)37-21-25-41(47-37)44(28-13-17-30(50-2)18-14-28)42-26-22-38(48-42)34-10-6-4-8-32(34)36-20-24-40(43)46-36/h3-26,45,48H,1-2H3. The Hall–Kier alpha value is -6.66. The molecule has 0 radical (unpaired) electrons.